The van der Waals surface area contributed by atoms with Crippen molar-refractivity contribution in [2.75, 3.05) is 18.1 Å². The summed E-state index contributed by atoms with van der Waals surface area (Å²) in [6.45, 7) is 2.51. The van der Waals surface area contributed by atoms with Crippen LogP contribution < -0.4 is 0 Å². The van der Waals surface area contributed by atoms with Gasteiger partial charge in [0.1, 0.15) is 0 Å². The van der Waals surface area contributed by atoms with E-state index in [1.807, 2.05) is 31.2 Å². The zero-order chi connectivity index (χ0) is 17.1. The number of aliphatic carboxylic acids is 1. The highest BCUT2D eigenvalue weighted by molar-refractivity contribution is 7.99. The van der Waals surface area contributed by atoms with Gasteiger partial charge in [0, 0.05) is 18.1 Å². The number of hydrogen-bond acceptors (Lipinski definition) is 5. The van der Waals surface area contributed by atoms with Crippen molar-refractivity contribution in [3.8, 4) is 5.69 Å². The largest absolute Gasteiger partial charge is 0.481 e. The molecule has 1 fully saturated rings. The van der Waals surface area contributed by atoms with Crippen LogP contribution in [0.5, 0.6) is 0 Å². The number of hydrogen-bond donors (Lipinski definition) is 1. The number of amides is 1. The van der Waals surface area contributed by atoms with Gasteiger partial charge in [-0.15, -0.1) is 5.10 Å². The minimum atomic E-state index is -0.899. The third kappa shape index (κ3) is 3.59. The fourth-order valence-electron chi connectivity index (χ4n) is 2.70. The van der Waals surface area contributed by atoms with Crippen LogP contribution in [0.25, 0.3) is 5.69 Å². The molecule has 126 valence electrons. The lowest BCUT2D eigenvalue weighted by molar-refractivity contribution is -0.138. The van der Waals surface area contributed by atoms with Crippen LogP contribution in [-0.4, -0.2) is 61.0 Å². The van der Waals surface area contributed by atoms with Crippen molar-refractivity contribution in [1.29, 1.82) is 0 Å². The lowest BCUT2D eigenvalue weighted by atomic mass is 10.2. The van der Waals surface area contributed by atoms with Crippen LogP contribution in [0.4, 0.5) is 0 Å². The summed E-state index contributed by atoms with van der Waals surface area (Å²) >= 11 is 1.67. The minimum absolute atomic E-state index is 0.0508. The van der Waals surface area contributed by atoms with Gasteiger partial charge in [-0.05, 0) is 24.6 Å². The first kappa shape index (κ1) is 16.5. The van der Waals surface area contributed by atoms with Gasteiger partial charge in [0.2, 0.25) is 0 Å². The molecule has 1 atom stereocenters. The normalized spacial score (nSPS) is 17.7. The Labute approximate surface area is 143 Å². The van der Waals surface area contributed by atoms with Crippen molar-refractivity contribution in [2.24, 2.45) is 0 Å². The molecule has 1 amide bonds. The van der Waals surface area contributed by atoms with Crippen molar-refractivity contribution in [3.05, 3.63) is 41.7 Å². The molecule has 1 aliphatic rings. The van der Waals surface area contributed by atoms with Crippen LogP contribution in [0.1, 0.15) is 22.5 Å². The van der Waals surface area contributed by atoms with Gasteiger partial charge in [-0.3, -0.25) is 9.59 Å². The third-order valence-electron chi connectivity index (χ3n) is 3.88. The van der Waals surface area contributed by atoms with Crippen LogP contribution in [0, 0.1) is 6.92 Å². The molecule has 8 heteroatoms. The second kappa shape index (κ2) is 7.04. The standard InChI is InChI=1S/C16H18N4O3S/c1-11-3-2-4-12(7-11)20-9-14(17-18-20)16(23)19-5-6-24-10-13(19)8-15(21)22/h2-4,7,9,13H,5-6,8,10H2,1H3,(H,21,22). The highest BCUT2D eigenvalue weighted by Gasteiger charge is 2.30. The molecule has 1 N–H and O–H groups in total. The molecular weight excluding hydrogens is 328 g/mol. The molecule has 2 aromatic rings. The molecule has 0 bridgehead atoms. The van der Waals surface area contributed by atoms with E-state index in [0.29, 0.717) is 12.3 Å². The Morgan fingerprint density at radius 1 is 1.42 bits per heavy atom. The van der Waals surface area contributed by atoms with Gasteiger partial charge in [0.05, 0.1) is 24.3 Å². The zero-order valence-corrected chi connectivity index (χ0v) is 14.1. The molecule has 1 saturated heterocycles. The van der Waals surface area contributed by atoms with E-state index in [-0.39, 0.29) is 24.1 Å². The summed E-state index contributed by atoms with van der Waals surface area (Å²) in [5, 5.41) is 17.0. The number of thioether (sulfide) groups is 1. The summed E-state index contributed by atoms with van der Waals surface area (Å²) in [7, 11) is 0. The molecule has 1 aromatic heterocycles. The first-order valence-corrected chi connectivity index (χ1v) is 8.80. The molecule has 1 unspecified atom stereocenters. The maximum absolute atomic E-state index is 12.7. The van der Waals surface area contributed by atoms with Crippen molar-refractivity contribution >= 4 is 23.6 Å². The van der Waals surface area contributed by atoms with Gasteiger partial charge in [-0.25, -0.2) is 4.68 Å². The third-order valence-corrected chi connectivity index (χ3v) is 4.97. The molecule has 3 rings (SSSR count). The topological polar surface area (TPSA) is 88.3 Å². The maximum Gasteiger partial charge on any atom is 0.305 e. The van der Waals surface area contributed by atoms with Gasteiger partial charge >= 0.3 is 5.97 Å². The Balaban J connectivity index is 1.80. The van der Waals surface area contributed by atoms with Gasteiger partial charge in [0.15, 0.2) is 5.69 Å². The van der Waals surface area contributed by atoms with E-state index in [1.165, 1.54) is 0 Å². The predicted octanol–water partition coefficient (Wildman–Crippen LogP) is 1.61. The Hall–Kier alpha value is -2.35. The van der Waals surface area contributed by atoms with E-state index < -0.39 is 5.97 Å². The summed E-state index contributed by atoms with van der Waals surface area (Å²) < 4.78 is 1.56. The van der Waals surface area contributed by atoms with Gasteiger partial charge < -0.3 is 10.0 Å². The molecule has 7 nitrogen and oxygen atoms in total. The van der Waals surface area contributed by atoms with E-state index >= 15 is 0 Å². The molecule has 0 saturated carbocycles. The predicted molar refractivity (Wildman–Crippen MR) is 90.5 cm³/mol. The van der Waals surface area contributed by atoms with Gasteiger partial charge in [-0.1, -0.05) is 17.3 Å². The number of aromatic nitrogens is 3. The van der Waals surface area contributed by atoms with Crippen LogP contribution >= 0.6 is 11.8 Å². The number of aryl methyl sites for hydroxylation is 1. The van der Waals surface area contributed by atoms with Crippen LogP contribution in [0.3, 0.4) is 0 Å². The van der Waals surface area contributed by atoms with E-state index in [1.54, 1.807) is 27.5 Å². The number of carboxylic acids is 1. The monoisotopic (exact) mass is 346 g/mol. The summed E-state index contributed by atoms with van der Waals surface area (Å²) in [5.74, 6) is 0.266. The zero-order valence-electron chi connectivity index (χ0n) is 13.3. The van der Waals surface area contributed by atoms with E-state index in [2.05, 4.69) is 10.3 Å². The lowest BCUT2D eigenvalue weighted by Gasteiger charge is -2.34. The highest BCUT2D eigenvalue weighted by atomic mass is 32.2. The Morgan fingerprint density at radius 2 is 2.25 bits per heavy atom. The Kier molecular flexibility index (Phi) is 4.84. The number of carbonyl (C=O) groups is 2. The van der Waals surface area contributed by atoms with Crippen LogP contribution in [0.2, 0.25) is 0 Å². The van der Waals surface area contributed by atoms with Crippen LogP contribution in [-0.2, 0) is 4.79 Å². The SMILES string of the molecule is Cc1cccc(-n2cc(C(=O)N3CCSCC3CC(=O)O)nn2)c1. The molecule has 24 heavy (non-hydrogen) atoms. The summed E-state index contributed by atoms with van der Waals surface area (Å²) in [6.07, 6.45) is 1.54. The summed E-state index contributed by atoms with van der Waals surface area (Å²) in [4.78, 5) is 25.3. The lowest BCUT2D eigenvalue weighted by Crippen LogP contribution is -2.47. The van der Waals surface area contributed by atoms with Crippen molar-refractivity contribution in [2.45, 2.75) is 19.4 Å². The molecule has 1 aliphatic heterocycles. The minimum Gasteiger partial charge on any atom is -0.481 e. The van der Waals surface area contributed by atoms with E-state index in [9.17, 15) is 9.59 Å². The number of nitrogens with zero attached hydrogens (tertiary/aromatic N) is 4. The highest BCUT2D eigenvalue weighted by Crippen LogP contribution is 2.21. The Bertz CT molecular complexity index is 761. The van der Waals surface area contributed by atoms with Gasteiger partial charge in [-0.2, -0.15) is 11.8 Å². The fraction of sp³-hybridized carbons (Fsp3) is 0.375. The van der Waals surface area contributed by atoms with E-state index in [4.69, 9.17) is 5.11 Å². The Morgan fingerprint density at radius 3 is 3.00 bits per heavy atom. The average Bonchev–Trinajstić information content (AvgIpc) is 3.04. The van der Waals surface area contributed by atoms with E-state index in [0.717, 1.165) is 17.0 Å². The van der Waals surface area contributed by atoms with Crippen LogP contribution in [0.15, 0.2) is 30.5 Å². The second-order valence-corrected chi connectivity index (χ2v) is 6.86. The molecule has 0 radical (unpaired) electrons. The first-order chi connectivity index (χ1) is 11.5. The smallest absolute Gasteiger partial charge is 0.305 e. The molecule has 2 heterocycles. The second-order valence-electron chi connectivity index (χ2n) is 5.71. The van der Waals surface area contributed by atoms with Crippen molar-refractivity contribution in [1.82, 2.24) is 19.9 Å². The molecule has 0 aliphatic carbocycles. The molecular formula is C16H18N4O3S. The maximum atomic E-state index is 12.7. The molecule has 0 spiro atoms. The quantitative estimate of drug-likeness (QED) is 0.905. The van der Waals surface area contributed by atoms with Crippen molar-refractivity contribution < 1.29 is 14.7 Å². The average molecular weight is 346 g/mol. The first-order valence-electron chi connectivity index (χ1n) is 7.64. The number of rotatable bonds is 4. The summed E-state index contributed by atoms with van der Waals surface area (Å²) in [5.41, 5.74) is 2.15. The number of carboxylic acid groups (broad SMARTS) is 1. The summed E-state index contributed by atoms with van der Waals surface area (Å²) in [6, 6.07) is 7.43. The number of benzene rings is 1. The molecule has 1 aromatic carbocycles. The van der Waals surface area contributed by atoms with Crippen molar-refractivity contribution in [3.63, 3.8) is 0 Å². The fourth-order valence-corrected chi connectivity index (χ4v) is 3.76. The number of carbonyl (C=O) groups excluding carboxylic acids is 1. The van der Waals surface area contributed by atoms with Gasteiger partial charge in [0.25, 0.3) is 5.91 Å².